The Labute approximate surface area is 144 Å². The first kappa shape index (κ1) is 15.3. The third-order valence-electron chi connectivity index (χ3n) is 4.48. The van der Waals surface area contributed by atoms with Crippen molar-refractivity contribution in [2.24, 2.45) is 0 Å². The van der Waals surface area contributed by atoms with Crippen LogP contribution in [0.1, 0.15) is 10.4 Å². The van der Waals surface area contributed by atoms with Gasteiger partial charge in [0.25, 0.3) is 11.5 Å². The third-order valence-corrected chi connectivity index (χ3v) is 5.45. The van der Waals surface area contributed by atoms with E-state index in [2.05, 4.69) is 22.0 Å². The molecule has 3 heterocycles. The number of fused-ring (bicyclic) bond motifs is 1. The largest absolute Gasteiger partial charge is 0.368 e. The highest BCUT2D eigenvalue weighted by atomic mass is 32.2. The van der Waals surface area contributed by atoms with E-state index >= 15 is 0 Å². The van der Waals surface area contributed by atoms with Crippen LogP contribution in [-0.2, 0) is 6.54 Å². The summed E-state index contributed by atoms with van der Waals surface area (Å²) in [6.07, 6.45) is 1.44. The normalized spacial score (nSPS) is 17.0. The van der Waals surface area contributed by atoms with E-state index in [1.54, 1.807) is 21.2 Å². The van der Waals surface area contributed by atoms with Crippen molar-refractivity contribution in [2.45, 2.75) is 11.7 Å². The van der Waals surface area contributed by atoms with Gasteiger partial charge in [-0.05, 0) is 12.1 Å². The molecule has 0 spiro atoms. The number of nitrogens with zero attached hydrogens (tertiary/aromatic N) is 4. The fourth-order valence-corrected chi connectivity index (χ4v) is 4.05. The second kappa shape index (κ2) is 6.32. The van der Waals surface area contributed by atoms with Crippen molar-refractivity contribution >= 4 is 23.4 Å². The number of amides is 1. The number of carbonyl (C=O) groups excluding carboxylic acids is 1. The Morgan fingerprint density at radius 3 is 2.54 bits per heavy atom. The molecule has 2 aliphatic heterocycles. The molecule has 1 aromatic carbocycles. The Morgan fingerprint density at radius 1 is 1.04 bits per heavy atom. The molecule has 0 N–H and O–H groups in total. The highest BCUT2D eigenvalue weighted by Gasteiger charge is 2.26. The van der Waals surface area contributed by atoms with Gasteiger partial charge >= 0.3 is 0 Å². The van der Waals surface area contributed by atoms with Crippen molar-refractivity contribution in [3.8, 4) is 0 Å². The molecule has 1 saturated heterocycles. The van der Waals surface area contributed by atoms with Crippen molar-refractivity contribution in [1.29, 1.82) is 0 Å². The number of thioether (sulfide) groups is 1. The lowest BCUT2D eigenvalue weighted by Gasteiger charge is -2.36. The van der Waals surface area contributed by atoms with Gasteiger partial charge in [0, 0.05) is 50.4 Å². The van der Waals surface area contributed by atoms with Gasteiger partial charge in [-0.2, -0.15) is 0 Å². The summed E-state index contributed by atoms with van der Waals surface area (Å²) >= 11 is 1.56. The van der Waals surface area contributed by atoms with Crippen molar-refractivity contribution in [3.05, 3.63) is 52.4 Å². The lowest BCUT2D eigenvalue weighted by Crippen LogP contribution is -2.50. The number of benzene rings is 1. The van der Waals surface area contributed by atoms with E-state index in [-0.39, 0.29) is 17.0 Å². The number of anilines is 1. The molecule has 7 heteroatoms. The summed E-state index contributed by atoms with van der Waals surface area (Å²) in [5, 5.41) is 0.713. The van der Waals surface area contributed by atoms with Crippen LogP contribution in [-0.4, -0.2) is 52.3 Å². The van der Waals surface area contributed by atoms with Gasteiger partial charge in [-0.3, -0.25) is 14.2 Å². The maximum Gasteiger partial charge on any atom is 0.267 e. The van der Waals surface area contributed by atoms with Gasteiger partial charge in [0.15, 0.2) is 5.16 Å². The smallest absolute Gasteiger partial charge is 0.267 e. The van der Waals surface area contributed by atoms with Crippen LogP contribution < -0.4 is 10.5 Å². The molecule has 24 heavy (non-hydrogen) atoms. The Bertz CT molecular complexity index is 813. The molecular weight excluding hydrogens is 324 g/mol. The molecule has 0 aliphatic carbocycles. The van der Waals surface area contributed by atoms with Crippen LogP contribution in [0.4, 0.5) is 5.69 Å². The molecule has 2 aliphatic rings. The van der Waals surface area contributed by atoms with E-state index in [0.717, 1.165) is 18.8 Å². The highest BCUT2D eigenvalue weighted by Crippen LogP contribution is 2.21. The van der Waals surface area contributed by atoms with E-state index in [4.69, 9.17) is 0 Å². The van der Waals surface area contributed by atoms with Crippen LogP contribution in [0, 0.1) is 0 Å². The molecule has 1 aromatic heterocycles. The number of hydrogen-bond donors (Lipinski definition) is 0. The van der Waals surface area contributed by atoms with E-state index in [1.165, 1.54) is 11.9 Å². The molecule has 1 amide bonds. The van der Waals surface area contributed by atoms with Crippen molar-refractivity contribution in [3.63, 3.8) is 0 Å². The van der Waals surface area contributed by atoms with Crippen molar-refractivity contribution in [2.75, 3.05) is 36.8 Å². The number of rotatable bonds is 2. The fourth-order valence-electron chi connectivity index (χ4n) is 3.14. The number of carbonyl (C=O) groups is 1. The maximum absolute atomic E-state index is 12.7. The number of hydrogen-bond acceptors (Lipinski definition) is 5. The van der Waals surface area contributed by atoms with E-state index in [0.29, 0.717) is 24.8 Å². The average Bonchev–Trinajstić information content (AvgIpc) is 3.12. The lowest BCUT2D eigenvalue weighted by atomic mass is 10.2. The SMILES string of the molecule is O=C(c1cnc2n(c1=O)CCS2)N1CCN(c2ccccc2)CC1. The number of aromatic nitrogens is 2. The maximum atomic E-state index is 12.7. The minimum atomic E-state index is -0.208. The molecule has 0 saturated carbocycles. The van der Waals surface area contributed by atoms with Crippen molar-refractivity contribution < 1.29 is 4.79 Å². The second-order valence-corrected chi connectivity index (χ2v) is 6.94. The van der Waals surface area contributed by atoms with Crippen LogP contribution >= 0.6 is 11.8 Å². The Hall–Kier alpha value is -2.28. The fraction of sp³-hybridized carbons (Fsp3) is 0.353. The van der Waals surface area contributed by atoms with E-state index in [9.17, 15) is 9.59 Å². The molecule has 0 unspecified atom stereocenters. The molecule has 0 bridgehead atoms. The van der Waals surface area contributed by atoms with Crippen LogP contribution in [0.15, 0.2) is 46.5 Å². The quantitative estimate of drug-likeness (QED) is 0.770. The van der Waals surface area contributed by atoms with Gasteiger partial charge in [-0.25, -0.2) is 4.98 Å². The molecule has 6 nitrogen and oxygen atoms in total. The molecule has 0 radical (unpaired) electrons. The van der Waals surface area contributed by atoms with E-state index in [1.807, 2.05) is 18.2 Å². The zero-order valence-electron chi connectivity index (χ0n) is 13.2. The molecule has 4 rings (SSSR count). The summed E-state index contributed by atoms with van der Waals surface area (Å²) in [5.41, 5.74) is 1.15. The van der Waals surface area contributed by atoms with Gasteiger partial charge in [0.05, 0.1) is 0 Å². The van der Waals surface area contributed by atoms with Crippen molar-refractivity contribution in [1.82, 2.24) is 14.5 Å². The minimum absolute atomic E-state index is 0.189. The third kappa shape index (κ3) is 2.69. The minimum Gasteiger partial charge on any atom is -0.368 e. The van der Waals surface area contributed by atoms with Gasteiger partial charge < -0.3 is 9.80 Å². The Morgan fingerprint density at radius 2 is 1.79 bits per heavy atom. The first-order chi connectivity index (χ1) is 11.7. The van der Waals surface area contributed by atoms with Crippen LogP contribution in [0.3, 0.4) is 0 Å². The van der Waals surface area contributed by atoms with E-state index < -0.39 is 0 Å². The summed E-state index contributed by atoms with van der Waals surface area (Å²) < 4.78 is 1.61. The average molecular weight is 342 g/mol. The predicted molar refractivity (Wildman–Crippen MR) is 93.8 cm³/mol. The zero-order valence-corrected chi connectivity index (χ0v) is 14.0. The van der Waals surface area contributed by atoms with Gasteiger partial charge in [-0.15, -0.1) is 0 Å². The van der Waals surface area contributed by atoms with Crippen LogP contribution in [0.2, 0.25) is 0 Å². The topological polar surface area (TPSA) is 58.4 Å². The lowest BCUT2D eigenvalue weighted by molar-refractivity contribution is 0.0743. The van der Waals surface area contributed by atoms with Gasteiger partial charge in [0.1, 0.15) is 5.56 Å². The monoisotopic (exact) mass is 342 g/mol. The first-order valence-corrected chi connectivity index (χ1v) is 9.04. The summed E-state index contributed by atoms with van der Waals surface area (Å²) in [6.45, 7) is 3.40. The molecule has 124 valence electrons. The second-order valence-electron chi connectivity index (χ2n) is 5.87. The Balaban J connectivity index is 1.48. The summed E-state index contributed by atoms with van der Waals surface area (Å²) in [6, 6.07) is 10.2. The molecule has 1 fully saturated rings. The Kier molecular flexibility index (Phi) is 4.02. The summed E-state index contributed by atoms with van der Waals surface area (Å²) in [4.78, 5) is 33.5. The summed E-state index contributed by atoms with van der Waals surface area (Å²) in [7, 11) is 0. The molecule has 2 aromatic rings. The number of piperazine rings is 1. The molecule has 0 atom stereocenters. The number of para-hydroxylation sites is 1. The van der Waals surface area contributed by atoms with Crippen LogP contribution in [0.25, 0.3) is 0 Å². The molecular formula is C17H18N4O2S. The van der Waals surface area contributed by atoms with Crippen LogP contribution in [0.5, 0.6) is 0 Å². The first-order valence-electron chi connectivity index (χ1n) is 8.06. The summed E-state index contributed by atoms with van der Waals surface area (Å²) in [5.74, 6) is 0.641. The van der Waals surface area contributed by atoms with Gasteiger partial charge in [0.2, 0.25) is 0 Å². The predicted octanol–water partition coefficient (Wildman–Crippen LogP) is 1.31. The van der Waals surface area contributed by atoms with Gasteiger partial charge in [-0.1, -0.05) is 30.0 Å². The zero-order chi connectivity index (χ0) is 16.5. The highest BCUT2D eigenvalue weighted by molar-refractivity contribution is 7.99. The standard InChI is InChI=1S/C17H18N4O2S/c22-15(14-12-18-17-21(16(14)23)10-11-24-17)20-8-6-19(7-9-20)13-4-2-1-3-5-13/h1-5,12H,6-11H2.